The maximum absolute atomic E-state index is 11.6. The van der Waals surface area contributed by atoms with E-state index in [2.05, 4.69) is 9.44 Å². The molecule has 6 nitrogen and oxygen atoms in total. The minimum absolute atomic E-state index is 0.0492. The van der Waals surface area contributed by atoms with Crippen molar-refractivity contribution < 1.29 is 18.3 Å². The lowest BCUT2D eigenvalue weighted by molar-refractivity contribution is -0.137. The topological polar surface area (TPSA) is 95.5 Å². The molecule has 1 unspecified atom stereocenters. The van der Waals surface area contributed by atoms with Gasteiger partial charge in [-0.2, -0.15) is 13.1 Å². The molecule has 0 fully saturated rings. The van der Waals surface area contributed by atoms with Crippen molar-refractivity contribution in [2.24, 2.45) is 11.3 Å². The van der Waals surface area contributed by atoms with Crippen molar-refractivity contribution in [3.63, 3.8) is 0 Å². The Morgan fingerprint density at radius 2 is 1.75 bits per heavy atom. The van der Waals surface area contributed by atoms with Crippen LogP contribution in [0.1, 0.15) is 53.9 Å². The van der Waals surface area contributed by atoms with Gasteiger partial charge in [0, 0.05) is 19.0 Å². The van der Waals surface area contributed by atoms with Crippen LogP contribution >= 0.6 is 0 Å². The van der Waals surface area contributed by atoms with Gasteiger partial charge in [0.2, 0.25) is 0 Å². The summed E-state index contributed by atoms with van der Waals surface area (Å²) in [6.07, 6.45) is 1.28. The summed E-state index contributed by atoms with van der Waals surface area (Å²) in [4.78, 5) is 10.7. The summed E-state index contributed by atoms with van der Waals surface area (Å²) in [5.41, 5.74) is -0.0492. The zero-order valence-corrected chi connectivity index (χ0v) is 13.9. The molecule has 0 heterocycles. The Balaban J connectivity index is 4.37. The van der Waals surface area contributed by atoms with Gasteiger partial charge in [-0.1, -0.05) is 20.8 Å². The normalized spacial score (nSPS) is 14.5. The van der Waals surface area contributed by atoms with E-state index in [1.807, 2.05) is 20.8 Å². The van der Waals surface area contributed by atoms with E-state index in [0.717, 1.165) is 0 Å². The van der Waals surface area contributed by atoms with Crippen molar-refractivity contribution >= 4 is 16.2 Å². The van der Waals surface area contributed by atoms with Crippen LogP contribution in [0.3, 0.4) is 0 Å². The maximum atomic E-state index is 11.6. The van der Waals surface area contributed by atoms with Gasteiger partial charge in [0.25, 0.3) is 10.2 Å². The van der Waals surface area contributed by atoms with Crippen molar-refractivity contribution in [1.82, 2.24) is 9.44 Å². The number of carbonyl (C=O) groups is 1. The molecule has 0 aliphatic rings. The van der Waals surface area contributed by atoms with Crippen LogP contribution in [0.4, 0.5) is 0 Å². The molecule has 0 radical (unpaired) electrons. The first kappa shape index (κ1) is 19.3. The predicted molar refractivity (Wildman–Crippen MR) is 79.6 cm³/mol. The first-order valence-corrected chi connectivity index (χ1v) is 8.41. The zero-order chi connectivity index (χ0) is 16.0. The molecule has 0 spiro atoms. The first-order chi connectivity index (χ1) is 8.94. The number of hydrogen-bond acceptors (Lipinski definition) is 3. The summed E-state index contributed by atoms with van der Waals surface area (Å²) in [5.74, 6) is -0.665. The van der Waals surface area contributed by atoms with Crippen LogP contribution in [-0.2, 0) is 15.0 Å². The van der Waals surface area contributed by atoms with E-state index in [4.69, 9.17) is 5.11 Å². The van der Waals surface area contributed by atoms with Gasteiger partial charge in [-0.3, -0.25) is 4.79 Å². The Kier molecular flexibility index (Phi) is 7.69. The van der Waals surface area contributed by atoms with Gasteiger partial charge in [0.15, 0.2) is 0 Å². The second kappa shape index (κ2) is 7.95. The summed E-state index contributed by atoms with van der Waals surface area (Å²) >= 11 is 0. The molecule has 0 bridgehead atoms. The molecule has 0 rings (SSSR count). The molecular formula is C13H28N2O4S. The molecule has 0 amide bonds. The molecule has 0 saturated heterocycles. The van der Waals surface area contributed by atoms with Crippen LogP contribution in [0.2, 0.25) is 0 Å². The highest BCUT2D eigenvalue weighted by molar-refractivity contribution is 7.87. The molecule has 7 heteroatoms. The number of rotatable bonds is 9. The fraction of sp³-hybridized carbons (Fsp3) is 0.923. The van der Waals surface area contributed by atoms with Gasteiger partial charge < -0.3 is 5.11 Å². The standard InChI is InChI=1S/C13H28N2O4S/c1-10(2)15-20(18,19)14-9-8-11(13(3,4)5)6-7-12(16)17/h10-11,14-15H,6-9H2,1-5H3,(H,16,17). The van der Waals surface area contributed by atoms with Gasteiger partial charge in [0.1, 0.15) is 0 Å². The van der Waals surface area contributed by atoms with Gasteiger partial charge >= 0.3 is 5.97 Å². The van der Waals surface area contributed by atoms with E-state index in [-0.39, 0.29) is 23.8 Å². The molecular weight excluding hydrogens is 280 g/mol. The summed E-state index contributed by atoms with van der Waals surface area (Å²) in [5, 5.41) is 8.76. The highest BCUT2D eigenvalue weighted by Gasteiger charge is 2.25. The molecule has 120 valence electrons. The molecule has 0 aliphatic carbocycles. The summed E-state index contributed by atoms with van der Waals surface area (Å²) in [7, 11) is -3.47. The minimum atomic E-state index is -3.47. The third kappa shape index (κ3) is 9.28. The maximum Gasteiger partial charge on any atom is 0.303 e. The molecule has 1 atom stereocenters. The van der Waals surface area contributed by atoms with Crippen molar-refractivity contribution in [2.45, 2.75) is 59.9 Å². The van der Waals surface area contributed by atoms with E-state index >= 15 is 0 Å². The van der Waals surface area contributed by atoms with E-state index in [1.165, 1.54) is 0 Å². The zero-order valence-electron chi connectivity index (χ0n) is 13.1. The molecule has 0 saturated carbocycles. The van der Waals surface area contributed by atoms with E-state index < -0.39 is 16.2 Å². The quantitative estimate of drug-likeness (QED) is 0.604. The van der Waals surface area contributed by atoms with Crippen LogP contribution in [0.5, 0.6) is 0 Å². The third-order valence-corrected chi connectivity index (χ3v) is 4.47. The minimum Gasteiger partial charge on any atom is -0.481 e. The fourth-order valence-electron chi connectivity index (χ4n) is 2.03. The van der Waals surface area contributed by atoms with Crippen molar-refractivity contribution in [2.75, 3.05) is 6.54 Å². The largest absolute Gasteiger partial charge is 0.481 e. The average Bonchev–Trinajstić information content (AvgIpc) is 2.18. The lowest BCUT2D eigenvalue weighted by atomic mass is 9.76. The first-order valence-electron chi connectivity index (χ1n) is 6.92. The number of aliphatic carboxylic acids is 1. The summed E-state index contributed by atoms with van der Waals surface area (Å²) in [6.45, 7) is 9.94. The average molecular weight is 308 g/mol. The van der Waals surface area contributed by atoms with Crippen LogP contribution in [0.15, 0.2) is 0 Å². The monoisotopic (exact) mass is 308 g/mol. The summed E-state index contributed by atoms with van der Waals surface area (Å²) in [6, 6.07) is -0.155. The van der Waals surface area contributed by atoms with Gasteiger partial charge in [-0.25, -0.2) is 4.72 Å². The lowest BCUT2D eigenvalue weighted by Gasteiger charge is -2.30. The Morgan fingerprint density at radius 1 is 1.20 bits per heavy atom. The lowest BCUT2D eigenvalue weighted by Crippen LogP contribution is -2.41. The molecule has 0 aromatic carbocycles. The Morgan fingerprint density at radius 3 is 2.15 bits per heavy atom. The van der Waals surface area contributed by atoms with Crippen molar-refractivity contribution in [1.29, 1.82) is 0 Å². The SMILES string of the molecule is CC(C)NS(=O)(=O)NCCC(CCC(=O)O)C(C)(C)C. The molecule has 20 heavy (non-hydrogen) atoms. The molecule has 3 N–H and O–H groups in total. The van der Waals surface area contributed by atoms with E-state index in [1.54, 1.807) is 13.8 Å². The summed E-state index contributed by atoms with van der Waals surface area (Å²) < 4.78 is 28.2. The van der Waals surface area contributed by atoms with Crippen LogP contribution < -0.4 is 9.44 Å². The number of carboxylic acids is 1. The second-order valence-corrected chi connectivity index (χ2v) is 7.99. The number of hydrogen-bond donors (Lipinski definition) is 3. The third-order valence-electron chi connectivity index (χ3n) is 3.11. The van der Waals surface area contributed by atoms with Gasteiger partial charge in [0.05, 0.1) is 0 Å². The molecule has 0 aliphatic heterocycles. The van der Waals surface area contributed by atoms with Crippen LogP contribution in [-0.4, -0.2) is 32.1 Å². The van der Waals surface area contributed by atoms with E-state index in [0.29, 0.717) is 19.4 Å². The van der Waals surface area contributed by atoms with E-state index in [9.17, 15) is 13.2 Å². The molecule has 0 aromatic heterocycles. The number of nitrogens with one attached hydrogen (secondary N) is 2. The van der Waals surface area contributed by atoms with Crippen molar-refractivity contribution in [3.8, 4) is 0 Å². The molecule has 0 aromatic rings. The Labute approximate surface area is 122 Å². The van der Waals surface area contributed by atoms with Gasteiger partial charge in [-0.05, 0) is 38.0 Å². The second-order valence-electron chi connectivity index (χ2n) is 6.45. The highest BCUT2D eigenvalue weighted by Crippen LogP contribution is 2.32. The van der Waals surface area contributed by atoms with Crippen molar-refractivity contribution in [3.05, 3.63) is 0 Å². The smallest absolute Gasteiger partial charge is 0.303 e. The Bertz CT molecular complexity index is 399. The van der Waals surface area contributed by atoms with Crippen LogP contribution in [0, 0.1) is 11.3 Å². The van der Waals surface area contributed by atoms with Gasteiger partial charge in [-0.15, -0.1) is 0 Å². The number of carboxylic acid groups (broad SMARTS) is 1. The predicted octanol–water partition coefficient (Wildman–Crippen LogP) is 1.74. The highest BCUT2D eigenvalue weighted by atomic mass is 32.2. The fourth-order valence-corrected chi connectivity index (χ4v) is 3.12. The Hall–Kier alpha value is -0.660. The van der Waals surface area contributed by atoms with Crippen LogP contribution in [0.25, 0.3) is 0 Å².